The zero-order valence-electron chi connectivity index (χ0n) is 19.0. The highest BCUT2D eigenvalue weighted by Crippen LogP contribution is 2.31. The van der Waals surface area contributed by atoms with Gasteiger partial charge in [-0.3, -0.25) is 4.90 Å². The molecule has 1 saturated heterocycles. The van der Waals surface area contributed by atoms with Crippen molar-refractivity contribution in [1.29, 1.82) is 0 Å². The highest BCUT2D eigenvalue weighted by molar-refractivity contribution is 5.96. The highest BCUT2D eigenvalue weighted by atomic mass is 16.6. The first-order valence-corrected chi connectivity index (χ1v) is 10.8. The Morgan fingerprint density at radius 2 is 1.87 bits per heavy atom. The molecular formula is C22H33N5O4. The molecule has 1 atom stereocenters. The molecule has 2 heterocycles. The predicted molar refractivity (Wildman–Crippen MR) is 120 cm³/mol. The van der Waals surface area contributed by atoms with Crippen molar-refractivity contribution < 1.29 is 19.1 Å². The topological polar surface area (TPSA) is 94.2 Å². The van der Waals surface area contributed by atoms with E-state index in [1.54, 1.807) is 14.7 Å². The van der Waals surface area contributed by atoms with Gasteiger partial charge in [-0.05, 0) is 58.7 Å². The summed E-state index contributed by atoms with van der Waals surface area (Å²) in [5, 5.41) is 5.76. The van der Waals surface area contributed by atoms with Crippen molar-refractivity contribution in [2.24, 2.45) is 0 Å². The second kappa shape index (κ2) is 9.03. The zero-order valence-corrected chi connectivity index (χ0v) is 19.0. The van der Waals surface area contributed by atoms with E-state index in [0.29, 0.717) is 38.4 Å². The van der Waals surface area contributed by atoms with Crippen LogP contribution in [0.15, 0.2) is 18.2 Å². The first-order chi connectivity index (χ1) is 14.6. The summed E-state index contributed by atoms with van der Waals surface area (Å²) in [4.78, 5) is 42.5. The molecule has 2 N–H and O–H groups in total. The SMILES string of the molecule is CCNC(=O)N1CCc2ccc(NC(=O)N3CCN(C(=O)OC(C)(C)C)C[C@H]3C)cc21. The highest BCUT2D eigenvalue weighted by Gasteiger charge is 2.32. The fourth-order valence-electron chi connectivity index (χ4n) is 3.86. The van der Waals surface area contributed by atoms with Crippen molar-refractivity contribution in [1.82, 2.24) is 15.1 Å². The third-order valence-electron chi connectivity index (χ3n) is 5.35. The summed E-state index contributed by atoms with van der Waals surface area (Å²) in [6.07, 6.45) is 0.438. The van der Waals surface area contributed by atoms with Crippen LogP contribution in [0.2, 0.25) is 0 Å². The molecular weight excluding hydrogens is 398 g/mol. The average molecular weight is 432 g/mol. The van der Waals surface area contributed by atoms with Gasteiger partial charge in [0.1, 0.15) is 5.60 Å². The Morgan fingerprint density at radius 1 is 1.13 bits per heavy atom. The molecule has 5 amide bonds. The molecule has 2 aliphatic rings. The van der Waals surface area contributed by atoms with E-state index in [1.165, 1.54) is 0 Å². The van der Waals surface area contributed by atoms with Gasteiger partial charge in [0.2, 0.25) is 0 Å². The number of carbonyl (C=O) groups is 3. The van der Waals surface area contributed by atoms with Crippen molar-refractivity contribution in [3.63, 3.8) is 0 Å². The van der Waals surface area contributed by atoms with Crippen molar-refractivity contribution in [3.8, 4) is 0 Å². The molecule has 0 bridgehead atoms. The minimum absolute atomic E-state index is 0.128. The summed E-state index contributed by atoms with van der Waals surface area (Å²) >= 11 is 0. The molecule has 2 aliphatic heterocycles. The number of nitrogens with one attached hydrogen (secondary N) is 2. The van der Waals surface area contributed by atoms with Crippen molar-refractivity contribution in [3.05, 3.63) is 23.8 Å². The van der Waals surface area contributed by atoms with Gasteiger partial charge >= 0.3 is 18.2 Å². The van der Waals surface area contributed by atoms with Crippen LogP contribution in [0, 0.1) is 0 Å². The first kappa shape index (κ1) is 22.7. The lowest BCUT2D eigenvalue weighted by Gasteiger charge is -2.40. The van der Waals surface area contributed by atoms with Crippen LogP contribution in [-0.4, -0.2) is 72.3 Å². The Labute approximate surface area is 183 Å². The first-order valence-electron chi connectivity index (χ1n) is 10.8. The van der Waals surface area contributed by atoms with Crippen molar-refractivity contribution in [2.45, 2.75) is 52.7 Å². The maximum Gasteiger partial charge on any atom is 0.410 e. The zero-order chi connectivity index (χ0) is 22.8. The lowest BCUT2D eigenvalue weighted by atomic mass is 10.1. The average Bonchev–Trinajstić information content (AvgIpc) is 3.10. The lowest BCUT2D eigenvalue weighted by Crippen LogP contribution is -2.57. The van der Waals surface area contributed by atoms with E-state index >= 15 is 0 Å². The molecule has 9 nitrogen and oxygen atoms in total. The van der Waals surface area contributed by atoms with Gasteiger partial charge in [0, 0.05) is 44.5 Å². The third kappa shape index (κ3) is 5.39. The summed E-state index contributed by atoms with van der Waals surface area (Å²) in [6, 6.07) is 5.16. The molecule has 0 aliphatic carbocycles. The summed E-state index contributed by atoms with van der Waals surface area (Å²) < 4.78 is 5.44. The number of anilines is 2. The van der Waals surface area contributed by atoms with Crippen LogP contribution in [0.1, 0.15) is 40.2 Å². The Morgan fingerprint density at radius 3 is 2.52 bits per heavy atom. The van der Waals surface area contributed by atoms with Gasteiger partial charge in [-0.25, -0.2) is 14.4 Å². The Kier molecular flexibility index (Phi) is 6.62. The van der Waals surface area contributed by atoms with Crippen molar-refractivity contribution >= 4 is 29.5 Å². The van der Waals surface area contributed by atoms with E-state index in [9.17, 15) is 14.4 Å². The number of ether oxygens (including phenoxy) is 1. The number of piperazine rings is 1. The Balaban J connectivity index is 1.62. The number of nitrogens with zero attached hydrogens (tertiary/aromatic N) is 3. The smallest absolute Gasteiger partial charge is 0.410 e. The van der Waals surface area contributed by atoms with Crippen LogP contribution >= 0.6 is 0 Å². The van der Waals surface area contributed by atoms with E-state index < -0.39 is 5.60 Å². The molecule has 1 aromatic rings. The summed E-state index contributed by atoms with van der Waals surface area (Å²) in [5.41, 5.74) is 2.00. The van der Waals surface area contributed by atoms with Crippen LogP contribution in [-0.2, 0) is 11.2 Å². The van der Waals surface area contributed by atoms with E-state index in [2.05, 4.69) is 10.6 Å². The largest absolute Gasteiger partial charge is 0.444 e. The Hall–Kier alpha value is -2.97. The van der Waals surface area contributed by atoms with Gasteiger partial charge in [-0.2, -0.15) is 0 Å². The molecule has 9 heteroatoms. The molecule has 0 unspecified atom stereocenters. The normalized spacial score (nSPS) is 18.5. The van der Waals surface area contributed by atoms with E-state index in [1.807, 2.05) is 52.8 Å². The van der Waals surface area contributed by atoms with Gasteiger partial charge in [0.15, 0.2) is 0 Å². The van der Waals surface area contributed by atoms with Crippen LogP contribution < -0.4 is 15.5 Å². The lowest BCUT2D eigenvalue weighted by molar-refractivity contribution is 0.0112. The molecule has 3 rings (SSSR count). The number of amides is 5. The van der Waals surface area contributed by atoms with Gasteiger partial charge in [-0.1, -0.05) is 6.07 Å². The maximum atomic E-state index is 12.9. The number of hydrogen-bond donors (Lipinski definition) is 2. The van der Waals surface area contributed by atoms with Crippen LogP contribution in [0.25, 0.3) is 0 Å². The molecule has 0 spiro atoms. The maximum absolute atomic E-state index is 12.9. The van der Waals surface area contributed by atoms with E-state index in [-0.39, 0.29) is 24.2 Å². The molecule has 0 radical (unpaired) electrons. The summed E-state index contributed by atoms with van der Waals surface area (Å²) in [5.74, 6) is 0. The van der Waals surface area contributed by atoms with E-state index in [0.717, 1.165) is 17.7 Å². The second-order valence-electron chi connectivity index (χ2n) is 8.98. The number of carbonyl (C=O) groups excluding carboxylic acids is 3. The number of rotatable bonds is 2. The van der Waals surface area contributed by atoms with Gasteiger partial charge in [0.25, 0.3) is 0 Å². The van der Waals surface area contributed by atoms with Gasteiger partial charge in [0.05, 0.1) is 5.69 Å². The molecule has 1 aromatic carbocycles. The summed E-state index contributed by atoms with van der Waals surface area (Å²) in [7, 11) is 0. The molecule has 1 fully saturated rings. The summed E-state index contributed by atoms with van der Waals surface area (Å²) in [6.45, 7) is 11.7. The number of benzene rings is 1. The van der Waals surface area contributed by atoms with Crippen LogP contribution in [0.4, 0.5) is 25.8 Å². The molecule has 31 heavy (non-hydrogen) atoms. The van der Waals surface area contributed by atoms with Crippen LogP contribution in [0.5, 0.6) is 0 Å². The minimum Gasteiger partial charge on any atom is -0.444 e. The van der Waals surface area contributed by atoms with E-state index in [4.69, 9.17) is 4.74 Å². The molecule has 0 saturated carbocycles. The quantitative estimate of drug-likeness (QED) is 0.752. The van der Waals surface area contributed by atoms with Crippen LogP contribution in [0.3, 0.4) is 0 Å². The monoisotopic (exact) mass is 431 g/mol. The van der Waals surface area contributed by atoms with Gasteiger partial charge < -0.3 is 25.2 Å². The number of urea groups is 2. The number of fused-ring (bicyclic) bond motifs is 1. The number of hydrogen-bond acceptors (Lipinski definition) is 4. The third-order valence-corrected chi connectivity index (χ3v) is 5.35. The Bertz CT molecular complexity index is 851. The molecule has 0 aromatic heterocycles. The standard InChI is InChI=1S/C22H33N5O4/c1-6-23-19(28)27-10-9-16-7-8-17(13-18(16)27)24-20(29)26-12-11-25(14-15(26)2)21(30)31-22(3,4)5/h7-8,13,15H,6,9-12,14H2,1-5H3,(H,23,28)(H,24,29)/t15-/m1/s1. The van der Waals surface area contributed by atoms with Gasteiger partial charge in [-0.15, -0.1) is 0 Å². The fourth-order valence-corrected chi connectivity index (χ4v) is 3.86. The fraction of sp³-hybridized carbons (Fsp3) is 0.591. The van der Waals surface area contributed by atoms with Crippen molar-refractivity contribution in [2.75, 3.05) is 42.9 Å². The second-order valence-corrected chi connectivity index (χ2v) is 8.98. The predicted octanol–water partition coefficient (Wildman–Crippen LogP) is 3.25. The molecule has 170 valence electrons. The minimum atomic E-state index is -0.551.